The molecule has 1 nitrogen and oxygen atoms in total. The summed E-state index contributed by atoms with van der Waals surface area (Å²) in [5.41, 5.74) is 0. The van der Waals surface area contributed by atoms with Crippen LogP contribution in [0.1, 0.15) is 78.1 Å². The monoisotopic (exact) mass is 275 g/mol. The molecule has 0 saturated carbocycles. The zero-order chi connectivity index (χ0) is 14.2. The summed E-state index contributed by atoms with van der Waals surface area (Å²) in [4.78, 5) is 2.86. The van der Waals surface area contributed by atoms with Gasteiger partial charge in [0.15, 0.2) is 0 Å². The van der Waals surface area contributed by atoms with E-state index < -0.39 is 0 Å². The summed E-state index contributed by atoms with van der Waals surface area (Å²) >= 11 is 0. The molecule has 0 aromatic heterocycles. The zero-order valence-electron chi connectivity index (χ0n) is 13.6. The van der Waals surface area contributed by atoms with Crippen molar-refractivity contribution >= 4 is 0 Å². The molecule has 2 rings (SSSR count). The van der Waals surface area contributed by atoms with Crippen LogP contribution in [0.2, 0.25) is 0 Å². The van der Waals surface area contributed by atoms with Gasteiger partial charge in [-0.2, -0.15) is 0 Å². The molecule has 0 aromatic carbocycles. The summed E-state index contributed by atoms with van der Waals surface area (Å²) < 4.78 is 0. The average Bonchev–Trinajstić information content (AvgIpc) is 3.02. The van der Waals surface area contributed by atoms with Crippen molar-refractivity contribution in [1.82, 2.24) is 4.90 Å². The summed E-state index contributed by atoms with van der Waals surface area (Å²) in [6.45, 7) is 4.29. The first-order valence-electron chi connectivity index (χ1n) is 8.88. The standard InChI is InChI=1S/C19H33N/c1-3-5-6-7-8-9-10-12-18-14-16-19-15-13-17(11-4-2)20(18)19/h3-5,11,17-19H,6-10,12-16H2,1-2H3/b5-3-,11-4+. The molecular weight excluding hydrogens is 242 g/mol. The van der Waals surface area contributed by atoms with Crippen LogP contribution < -0.4 is 0 Å². The number of allylic oxidation sites excluding steroid dienone is 3. The molecule has 2 aliphatic heterocycles. The third kappa shape index (κ3) is 4.22. The Morgan fingerprint density at radius 3 is 2.50 bits per heavy atom. The number of hydrogen-bond donors (Lipinski definition) is 0. The molecule has 0 spiro atoms. The highest BCUT2D eigenvalue weighted by Gasteiger charge is 2.40. The molecule has 2 saturated heterocycles. The van der Waals surface area contributed by atoms with Crippen LogP contribution in [0.5, 0.6) is 0 Å². The topological polar surface area (TPSA) is 3.24 Å². The molecule has 3 unspecified atom stereocenters. The van der Waals surface area contributed by atoms with Crippen LogP contribution in [-0.2, 0) is 0 Å². The highest BCUT2D eigenvalue weighted by Crippen LogP contribution is 2.39. The molecule has 2 aliphatic rings. The first kappa shape index (κ1) is 15.8. The molecule has 2 fully saturated rings. The maximum absolute atomic E-state index is 2.86. The maximum Gasteiger partial charge on any atom is 0.0284 e. The van der Waals surface area contributed by atoms with Gasteiger partial charge in [0.2, 0.25) is 0 Å². The Hall–Kier alpha value is -0.560. The van der Waals surface area contributed by atoms with E-state index in [1.807, 2.05) is 0 Å². The van der Waals surface area contributed by atoms with Gasteiger partial charge in [-0.05, 0) is 58.8 Å². The molecule has 3 atom stereocenters. The van der Waals surface area contributed by atoms with Crippen molar-refractivity contribution in [3.8, 4) is 0 Å². The smallest absolute Gasteiger partial charge is 0.0284 e. The Balaban J connectivity index is 1.65. The Morgan fingerprint density at radius 2 is 1.70 bits per heavy atom. The predicted molar refractivity (Wildman–Crippen MR) is 89.0 cm³/mol. The van der Waals surface area contributed by atoms with E-state index in [9.17, 15) is 0 Å². The molecule has 0 bridgehead atoms. The van der Waals surface area contributed by atoms with E-state index in [0.29, 0.717) is 0 Å². The number of fused-ring (bicyclic) bond motifs is 1. The largest absolute Gasteiger partial charge is 0.291 e. The van der Waals surface area contributed by atoms with Gasteiger partial charge >= 0.3 is 0 Å². The maximum atomic E-state index is 2.86. The third-order valence-corrected chi connectivity index (χ3v) is 5.16. The van der Waals surface area contributed by atoms with Gasteiger partial charge in [-0.25, -0.2) is 0 Å². The van der Waals surface area contributed by atoms with E-state index in [2.05, 4.69) is 43.1 Å². The SMILES string of the molecule is C/C=C\CCCCCCC1CCC2CCC(/C=C/C)N12. The molecule has 0 N–H and O–H groups in total. The Kier molecular flexibility index (Phi) is 6.86. The summed E-state index contributed by atoms with van der Waals surface area (Å²) in [5, 5.41) is 0. The molecule has 2 heterocycles. The second kappa shape index (κ2) is 8.67. The van der Waals surface area contributed by atoms with Crippen LogP contribution in [0.25, 0.3) is 0 Å². The zero-order valence-corrected chi connectivity index (χ0v) is 13.6. The van der Waals surface area contributed by atoms with Crippen molar-refractivity contribution in [2.45, 2.75) is 96.2 Å². The van der Waals surface area contributed by atoms with E-state index in [1.165, 1.54) is 64.2 Å². The minimum absolute atomic E-state index is 0.757. The fourth-order valence-corrected chi connectivity index (χ4v) is 4.20. The van der Waals surface area contributed by atoms with Crippen molar-refractivity contribution in [2.24, 2.45) is 0 Å². The predicted octanol–water partition coefficient (Wildman–Crippen LogP) is 5.47. The van der Waals surface area contributed by atoms with Gasteiger partial charge in [-0.3, -0.25) is 4.90 Å². The van der Waals surface area contributed by atoms with Gasteiger partial charge < -0.3 is 0 Å². The summed E-state index contributed by atoms with van der Waals surface area (Å²) in [5.74, 6) is 0. The normalized spacial score (nSPS) is 30.8. The lowest BCUT2D eigenvalue weighted by molar-refractivity contribution is 0.195. The highest BCUT2D eigenvalue weighted by atomic mass is 15.3. The molecule has 1 heteroatoms. The van der Waals surface area contributed by atoms with Crippen molar-refractivity contribution in [2.75, 3.05) is 0 Å². The van der Waals surface area contributed by atoms with Crippen LogP contribution in [0, 0.1) is 0 Å². The molecule has 20 heavy (non-hydrogen) atoms. The average molecular weight is 275 g/mol. The number of rotatable bonds is 8. The van der Waals surface area contributed by atoms with E-state index in [-0.39, 0.29) is 0 Å². The second-order valence-electron chi connectivity index (χ2n) is 6.56. The molecule has 0 aromatic rings. The van der Waals surface area contributed by atoms with Gasteiger partial charge in [0, 0.05) is 18.1 Å². The quantitative estimate of drug-likeness (QED) is 0.419. The minimum atomic E-state index is 0.757. The number of hydrogen-bond acceptors (Lipinski definition) is 1. The third-order valence-electron chi connectivity index (χ3n) is 5.16. The lowest BCUT2D eigenvalue weighted by atomic mass is 10.0. The van der Waals surface area contributed by atoms with Gasteiger partial charge in [0.1, 0.15) is 0 Å². The fourth-order valence-electron chi connectivity index (χ4n) is 4.20. The van der Waals surface area contributed by atoms with Gasteiger partial charge in [0.25, 0.3) is 0 Å². The molecule has 114 valence electrons. The van der Waals surface area contributed by atoms with Crippen LogP contribution in [0.3, 0.4) is 0 Å². The van der Waals surface area contributed by atoms with Crippen LogP contribution in [0.15, 0.2) is 24.3 Å². The first-order chi connectivity index (χ1) is 9.86. The van der Waals surface area contributed by atoms with Gasteiger partial charge in [-0.15, -0.1) is 0 Å². The lowest BCUT2D eigenvalue weighted by Gasteiger charge is -2.29. The Labute approximate surface area is 126 Å². The first-order valence-corrected chi connectivity index (χ1v) is 8.88. The number of nitrogens with zero attached hydrogens (tertiary/aromatic N) is 1. The van der Waals surface area contributed by atoms with E-state index in [1.54, 1.807) is 0 Å². The van der Waals surface area contributed by atoms with E-state index >= 15 is 0 Å². The molecule has 0 aliphatic carbocycles. The fraction of sp³-hybridized carbons (Fsp3) is 0.789. The Morgan fingerprint density at radius 1 is 0.900 bits per heavy atom. The van der Waals surface area contributed by atoms with Crippen molar-refractivity contribution in [1.29, 1.82) is 0 Å². The van der Waals surface area contributed by atoms with Crippen LogP contribution >= 0.6 is 0 Å². The van der Waals surface area contributed by atoms with E-state index in [4.69, 9.17) is 0 Å². The Bertz CT molecular complexity index is 318. The lowest BCUT2D eigenvalue weighted by Crippen LogP contribution is -2.37. The molecular formula is C19H33N. The van der Waals surface area contributed by atoms with Gasteiger partial charge in [-0.1, -0.05) is 43.6 Å². The minimum Gasteiger partial charge on any atom is -0.291 e. The number of unbranched alkanes of at least 4 members (excludes halogenated alkanes) is 4. The highest BCUT2D eigenvalue weighted by molar-refractivity contribution is 5.05. The van der Waals surface area contributed by atoms with Crippen molar-refractivity contribution in [3.05, 3.63) is 24.3 Å². The second-order valence-corrected chi connectivity index (χ2v) is 6.56. The van der Waals surface area contributed by atoms with Crippen molar-refractivity contribution < 1.29 is 0 Å². The molecule has 0 radical (unpaired) electrons. The molecule has 0 amide bonds. The van der Waals surface area contributed by atoms with Gasteiger partial charge in [0.05, 0.1) is 0 Å². The summed E-state index contributed by atoms with van der Waals surface area (Å²) in [6, 6.07) is 2.56. The van der Waals surface area contributed by atoms with Crippen molar-refractivity contribution in [3.63, 3.8) is 0 Å². The summed E-state index contributed by atoms with van der Waals surface area (Å²) in [7, 11) is 0. The van der Waals surface area contributed by atoms with Crippen LogP contribution in [-0.4, -0.2) is 23.0 Å². The summed E-state index contributed by atoms with van der Waals surface area (Å²) in [6.07, 6.45) is 23.3. The van der Waals surface area contributed by atoms with E-state index in [0.717, 1.165) is 18.1 Å². The van der Waals surface area contributed by atoms with Crippen LogP contribution in [0.4, 0.5) is 0 Å².